The maximum atomic E-state index is 13.2. The van der Waals surface area contributed by atoms with Gasteiger partial charge in [0.1, 0.15) is 5.82 Å². The Labute approximate surface area is 93.3 Å². The molecule has 0 saturated carbocycles. The minimum absolute atomic E-state index is 0.00358. The second-order valence-corrected chi connectivity index (χ2v) is 4.40. The zero-order valence-corrected chi connectivity index (χ0v) is 9.66. The zero-order chi connectivity index (χ0) is 10.1. The predicted molar refractivity (Wildman–Crippen MR) is 60.3 cm³/mol. The summed E-state index contributed by atoms with van der Waals surface area (Å²) in [6.45, 7) is -0.00358. The van der Waals surface area contributed by atoms with Gasteiger partial charge < -0.3 is 5.11 Å². The normalized spacial score (nSPS) is 11.1. The molecule has 0 spiro atoms. The summed E-state index contributed by atoms with van der Waals surface area (Å²) in [5, 5.41) is 11.9. The van der Waals surface area contributed by atoms with Gasteiger partial charge in [-0.3, -0.25) is 0 Å². The number of aliphatic hydroxyl groups is 1. The quantitative estimate of drug-likeness (QED) is 0.832. The maximum Gasteiger partial charge on any atom is 0.141 e. The number of benzene rings is 1. The molecule has 0 fully saturated rings. The van der Waals surface area contributed by atoms with Crippen molar-refractivity contribution in [1.29, 1.82) is 0 Å². The first-order valence-electron chi connectivity index (χ1n) is 4.12. The Morgan fingerprint density at radius 1 is 1.43 bits per heavy atom. The van der Waals surface area contributed by atoms with Crippen molar-refractivity contribution in [2.75, 3.05) is 0 Å². The Kier molecular flexibility index (Phi) is 2.85. The molecular weight excluding hydrogens is 267 g/mol. The van der Waals surface area contributed by atoms with Crippen LogP contribution < -0.4 is 0 Å². The number of hydrogen-bond donors (Lipinski definition) is 1. The van der Waals surface area contributed by atoms with Crippen molar-refractivity contribution in [2.24, 2.45) is 0 Å². The summed E-state index contributed by atoms with van der Waals surface area (Å²) in [5.74, 6) is -0.184. The summed E-state index contributed by atoms with van der Waals surface area (Å²) in [6, 6.07) is 3.49. The van der Waals surface area contributed by atoms with E-state index in [4.69, 9.17) is 5.11 Å². The number of alkyl halides is 1. The molecule has 4 heteroatoms. The highest BCUT2D eigenvalue weighted by molar-refractivity contribution is 9.08. The van der Waals surface area contributed by atoms with Gasteiger partial charge in [0.2, 0.25) is 0 Å². The van der Waals surface area contributed by atoms with Crippen molar-refractivity contribution in [3.8, 4) is 0 Å². The first-order valence-corrected chi connectivity index (χ1v) is 6.12. The Bertz CT molecular complexity index is 466. The topological polar surface area (TPSA) is 20.2 Å². The van der Waals surface area contributed by atoms with Crippen LogP contribution in [-0.2, 0) is 11.9 Å². The summed E-state index contributed by atoms with van der Waals surface area (Å²) in [7, 11) is 0. The van der Waals surface area contributed by atoms with Crippen LogP contribution >= 0.6 is 27.3 Å². The first-order chi connectivity index (χ1) is 6.77. The average molecular weight is 275 g/mol. The third kappa shape index (κ3) is 1.47. The van der Waals surface area contributed by atoms with E-state index in [9.17, 15) is 4.39 Å². The van der Waals surface area contributed by atoms with Gasteiger partial charge in [-0.2, -0.15) is 0 Å². The van der Waals surface area contributed by atoms with Gasteiger partial charge in [-0.05, 0) is 11.1 Å². The minimum atomic E-state index is -0.184. The molecule has 0 saturated heterocycles. The lowest BCUT2D eigenvalue weighted by molar-refractivity contribution is 0.281. The number of fused-ring (bicyclic) bond motifs is 1. The Hall–Kier alpha value is -0.450. The molecule has 1 heterocycles. The van der Waals surface area contributed by atoms with Gasteiger partial charge in [0.05, 0.1) is 6.61 Å². The van der Waals surface area contributed by atoms with Gasteiger partial charge >= 0.3 is 0 Å². The van der Waals surface area contributed by atoms with Crippen LogP contribution in [0.25, 0.3) is 10.1 Å². The molecule has 2 rings (SSSR count). The van der Waals surface area contributed by atoms with E-state index in [2.05, 4.69) is 15.9 Å². The van der Waals surface area contributed by atoms with Crippen molar-refractivity contribution >= 4 is 37.4 Å². The summed E-state index contributed by atoms with van der Waals surface area (Å²) in [6.07, 6.45) is 0. The van der Waals surface area contributed by atoms with E-state index in [-0.39, 0.29) is 12.4 Å². The van der Waals surface area contributed by atoms with E-state index in [1.54, 1.807) is 12.1 Å². The molecule has 1 nitrogen and oxygen atoms in total. The summed E-state index contributed by atoms with van der Waals surface area (Å²) in [4.78, 5) is 0. The zero-order valence-electron chi connectivity index (χ0n) is 7.26. The third-order valence-electron chi connectivity index (χ3n) is 2.20. The molecule has 0 unspecified atom stereocenters. The van der Waals surface area contributed by atoms with E-state index >= 15 is 0 Å². The van der Waals surface area contributed by atoms with Crippen LogP contribution in [0.4, 0.5) is 4.39 Å². The molecule has 74 valence electrons. The van der Waals surface area contributed by atoms with E-state index < -0.39 is 0 Å². The van der Waals surface area contributed by atoms with Crippen molar-refractivity contribution in [3.63, 3.8) is 0 Å². The van der Waals surface area contributed by atoms with Crippen molar-refractivity contribution < 1.29 is 9.50 Å². The number of thiophene rings is 1. The average Bonchev–Trinajstić information content (AvgIpc) is 2.59. The van der Waals surface area contributed by atoms with E-state index in [0.717, 1.165) is 15.8 Å². The van der Waals surface area contributed by atoms with Crippen LogP contribution in [0, 0.1) is 5.82 Å². The first kappa shape index (κ1) is 10.1. The fourth-order valence-electron chi connectivity index (χ4n) is 1.46. The van der Waals surface area contributed by atoms with Gasteiger partial charge in [0.25, 0.3) is 0 Å². The molecule has 14 heavy (non-hydrogen) atoms. The third-order valence-corrected chi connectivity index (χ3v) is 3.79. The fraction of sp³-hybridized carbons (Fsp3) is 0.200. The Morgan fingerprint density at radius 3 is 2.86 bits per heavy atom. The van der Waals surface area contributed by atoms with E-state index in [1.165, 1.54) is 16.7 Å². The maximum absolute atomic E-state index is 13.2. The predicted octanol–water partition coefficient (Wildman–Crippen LogP) is 3.43. The molecule has 1 N–H and O–H groups in total. The second kappa shape index (κ2) is 3.96. The fourth-order valence-corrected chi connectivity index (χ4v) is 3.27. The van der Waals surface area contributed by atoms with Gasteiger partial charge in [-0.25, -0.2) is 4.39 Å². The van der Waals surface area contributed by atoms with E-state index in [1.807, 2.05) is 0 Å². The Balaban J connectivity index is 2.77. The molecule has 1 aromatic carbocycles. The number of aliphatic hydroxyl groups excluding tert-OH is 1. The number of rotatable bonds is 2. The van der Waals surface area contributed by atoms with Crippen LogP contribution in [0.3, 0.4) is 0 Å². The van der Waals surface area contributed by atoms with Crippen LogP contribution in [0.1, 0.15) is 11.1 Å². The highest BCUT2D eigenvalue weighted by atomic mass is 79.9. The van der Waals surface area contributed by atoms with Crippen LogP contribution in [0.5, 0.6) is 0 Å². The van der Waals surface area contributed by atoms with Crippen molar-refractivity contribution in [2.45, 2.75) is 11.9 Å². The molecule has 0 aliphatic heterocycles. The van der Waals surface area contributed by atoms with Crippen LogP contribution in [0.15, 0.2) is 17.5 Å². The molecule has 0 atom stereocenters. The molecule has 0 amide bonds. The highest BCUT2D eigenvalue weighted by Gasteiger charge is 2.10. The van der Waals surface area contributed by atoms with Gasteiger partial charge in [0.15, 0.2) is 0 Å². The van der Waals surface area contributed by atoms with E-state index in [0.29, 0.717) is 10.7 Å². The molecule has 0 bridgehead atoms. The van der Waals surface area contributed by atoms with Gasteiger partial charge in [-0.1, -0.05) is 28.1 Å². The lowest BCUT2D eigenvalue weighted by Gasteiger charge is -2.05. The Morgan fingerprint density at radius 2 is 2.21 bits per heavy atom. The van der Waals surface area contributed by atoms with Gasteiger partial charge in [0, 0.05) is 20.8 Å². The summed E-state index contributed by atoms with van der Waals surface area (Å²) < 4.78 is 14.2. The SMILES string of the molecule is OCc1ccc2c(F)csc2c1CBr. The largest absolute Gasteiger partial charge is 0.392 e. The monoisotopic (exact) mass is 274 g/mol. The minimum Gasteiger partial charge on any atom is -0.392 e. The molecule has 2 aromatic rings. The molecule has 0 aliphatic rings. The molecular formula is C10H8BrFOS. The van der Waals surface area contributed by atoms with Crippen molar-refractivity contribution in [3.05, 3.63) is 34.5 Å². The summed E-state index contributed by atoms with van der Waals surface area (Å²) >= 11 is 4.73. The van der Waals surface area contributed by atoms with Crippen LogP contribution in [0.2, 0.25) is 0 Å². The standard InChI is InChI=1S/C10H8BrFOS/c11-3-8-6(4-13)1-2-7-9(12)5-14-10(7)8/h1-2,5,13H,3-4H2. The lowest BCUT2D eigenvalue weighted by atomic mass is 10.1. The second-order valence-electron chi connectivity index (χ2n) is 2.96. The van der Waals surface area contributed by atoms with Crippen molar-refractivity contribution in [1.82, 2.24) is 0 Å². The molecule has 0 aliphatic carbocycles. The molecule has 0 radical (unpaired) electrons. The molecule has 1 aromatic heterocycles. The number of halogens is 2. The number of hydrogen-bond acceptors (Lipinski definition) is 2. The smallest absolute Gasteiger partial charge is 0.141 e. The summed E-state index contributed by atoms with van der Waals surface area (Å²) in [5.41, 5.74) is 1.84. The lowest BCUT2D eigenvalue weighted by Crippen LogP contribution is -1.90. The highest BCUT2D eigenvalue weighted by Crippen LogP contribution is 2.31. The van der Waals surface area contributed by atoms with Gasteiger partial charge in [-0.15, -0.1) is 11.3 Å². The van der Waals surface area contributed by atoms with Crippen LogP contribution in [-0.4, -0.2) is 5.11 Å².